The molecule has 0 radical (unpaired) electrons. The van der Waals surface area contributed by atoms with Crippen LogP contribution < -0.4 is 61.9 Å². The van der Waals surface area contributed by atoms with Crippen LogP contribution in [0.5, 0.6) is 5.75 Å². The molecule has 1 fully saturated rings. The van der Waals surface area contributed by atoms with Crippen molar-refractivity contribution in [2.24, 2.45) is 0 Å². The number of fused-ring (bicyclic) bond motifs is 2. The fourth-order valence-corrected chi connectivity index (χ4v) is 6.96. The third kappa shape index (κ3) is 5.36. The Balaban J connectivity index is 0.00000304. The van der Waals surface area contributed by atoms with E-state index in [4.69, 9.17) is 9.15 Å². The minimum Gasteiger partial charge on any atom is -0.871 e. The number of hydrogen-bond donors (Lipinski definition) is 0. The summed E-state index contributed by atoms with van der Waals surface area (Å²) in [5.41, 5.74) is 2.27. The van der Waals surface area contributed by atoms with Crippen molar-refractivity contribution in [2.45, 2.75) is 38.2 Å². The molecule has 1 heterocycles. The van der Waals surface area contributed by atoms with Gasteiger partial charge in [0, 0.05) is 21.0 Å². The Morgan fingerprint density at radius 3 is 2.36 bits per heavy atom. The summed E-state index contributed by atoms with van der Waals surface area (Å²) >= 11 is 13.4. The van der Waals surface area contributed by atoms with Crippen LogP contribution in [0.25, 0.3) is 33.4 Å². The Hall–Kier alpha value is -0.0436. The van der Waals surface area contributed by atoms with Crippen LogP contribution in [-0.4, -0.2) is 12.1 Å². The molecule has 0 aromatic heterocycles. The number of ether oxygens (including phenoxy) is 1. The maximum Gasteiger partial charge on any atom is 1.00 e. The molecule has 0 bridgehead atoms. The third-order valence-electron chi connectivity index (χ3n) is 6.25. The number of benzene rings is 3. The zero-order valence-corrected chi connectivity index (χ0v) is 28.6. The molecule has 0 amide bonds. The summed E-state index contributed by atoms with van der Waals surface area (Å²) in [4.78, 5) is 26.0. The first-order chi connectivity index (χ1) is 16.8. The van der Waals surface area contributed by atoms with Crippen LogP contribution in [0.1, 0.15) is 42.5 Å². The molecule has 1 saturated carbocycles. The summed E-state index contributed by atoms with van der Waals surface area (Å²) in [6, 6.07) is 10.6. The number of hydrogen-bond acceptors (Lipinski definition) is 5. The van der Waals surface area contributed by atoms with Crippen LogP contribution in [-0.2, 0) is 4.74 Å². The summed E-state index contributed by atoms with van der Waals surface area (Å²) in [7, 11) is 0. The van der Waals surface area contributed by atoms with E-state index in [2.05, 4.69) is 63.7 Å². The average Bonchev–Trinajstić information content (AvgIpc) is 2.86. The Morgan fingerprint density at radius 1 is 0.944 bits per heavy atom. The Kier molecular flexibility index (Phi) is 9.65. The molecule has 180 valence electrons. The van der Waals surface area contributed by atoms with Crippen LogP contribution in [0.15, 0.2) is 63.5 Å². The van der Waals surface area contributed by atoms with Gasteiger partial charge in [-0.25, -0.2) is 4.79 Å². The van der Waals surface area contributed by atoms with Crippen LogP contribution in [0.3, 0.4) is 0 Å². The van der Waals surface area contributed by atoms with E-state index in [1.165, 1.54) is 0 Å². The van der Waals surface area contributed by atoms with Crippen LogP contribution in [0.2, 0.25) is 0 Å². The van der Waals surface area contributed by atoms with Crippen LogP contribution in [0.4, 0.5) is 0 Å². The number of carbonyl (C=O) groups is 1. The molecular weight excluding hydrogens is 751 g/mol. The number of rotatable bonds is 3. The predicted octanol–water partition coefficient (Wildman–Crippen LogP) is 5.18. The molecule has 2 aliphatic carbocycles. The van der Waals surface area contributed by atoms with Gasteiger partial charge in [0.25, 0.3) is 0 Å². The van der Waals surface area contributed by atoms with E-state index in [0.29, 0.717) is 36.6 Å². The molecule has 1 aliphatic heterocycles. The minimum atomic E-state index is -0.397. The van der Waals surface area contributed by atoms with E-state index < -0.39 is 5.97 Å². The molecule has 0 unspecified atom stereocenters. The molecule has 10 heteroatoms. The van der Waals surface area contributed by atoms with Gasteiger partial charge >= 0.3 is 57.4 Å². The standard InChI is InChI=1S/C26H18Br4O5.K/c27-17-10-15-19(13-8-4-5-9-14(13)26(33)34-12-6-2-1-3-7-12)16-11-18(28)23(32)21(30)25(16)35-24(15)20(29)22(17)31;/h4-5,8-12,31H,1-3,6-7H2;/q;+1/p-1. The van der Waals surface area contributed by atoms with Gasteiger partial charge in [0.05, 0.1) is 14.5 Å². The van der Waals surface area contributed by atoms with Crippen LogP contribution >= 0.6 is 63.7 Å². The SMILES string of the molecule is O=C(OC1CCCCC1)c1ccccc1-c1c2cc(Br)c(=O)c(Br)c-2oc2c(Br)c([O-])c(Br)cc12.[K+]. The second kappa shape index (κ2) is 12.0. The van der Waals surface area contributed by atoms with Crippen molar-refractivity contribution in [3.05, 3.63) is 70.1 Å². The summed E-state index contributed by atoms with van der Waals surface area (Å²) in [5, 5.41) is 13.3. The smallest absolute Gasteiger partial charge is 0.871 e. The number of esters is 1. The van der Waals surface area contributed by atoms with Gasteiger partial charge in [-0.3, -0.25) is 4.79 Å². The van der Waals surface area contributed by atoms with Crippen molar-refractivity contribution in [2.75, 3.05) is 0 Å². The molecule has 0 atom stereocenters. The van der Waals surface area contributed by atoms with Crippen molar-refractivity contribution in [1.29, 1.82) is 0 Å². The second-order valence-corrected chi connectivity index (χ2v) is 11.7. The Morgan fingerprint density at radius 2 is 1.64 bits per heavy atom. The van der Waals surface area contributed by atoms with Gasteiger partial charge in [-0.1, -0.05) is 46.3 Å². The fourth-order valence-electron chi connectivity index (χ4n) is 4.55. The average molecular weight is 768 g/mol. The first-order valence-corrected chi connectivity index (χ1v) is 14.2. The van der Waals surface area contributed by atoms with Crippen molar-refractivity contribution >= 4 is 80.7 Å². The van der Waals surface area contributed by atoms with E-state index in [0.717, 1.165) is 32.1 Å². The predicted molar refractivity (Wildman–Crippen MR) is 147 cm³/mol. The molecule has 36 heavy (non-hydrogen) atoms. The molecule has 0 N–H and O–H groups in total. The van der Waals surface area contributed by atoms with Crippen molar-refractivity contribution in [3.63, 3.8) is 0 Å². The number of halogens is 4. The first kappa shape index (κ1) is 29.0. The molecule has 2 aromatic carbocycles. The molecule has 2 aromatic rings. The van der Waals surface area contributed by atoms with Crippen LogP contribution in [0, 0.1) is 0 Å². The molecular formula is C26H17Br4KO5. The summed E-state index contributed by atoms with van der Waals surface area (Å²) < 4.78 is 13.1. The largest absolute Gasteiger partial charge is 1.00 e. The van der Waals surface area contributed by atoms with Gasteiger partial charge in [-0.15, -0.1) is 0 Å². The summed E-state index contributed by atoms with van der Waals surface area (Å²) in [6.07, 6.45) is 4.89. The van der Waals surface area contributed by atoms with Gasteiger partial charge in [0.1, 0.15) is 16.2 Å². The van der Waals surface area contributed by atoms with Gasteiger partial charge in [0.2, 0.25) is 5.43 Å². The fraction of sp³-hybridized carbons (Fsp3) is 0.231. The zero-order chi connectivity index (χ0) is 24.9. The van der Waals surface area contributed by atoms with Crippen molar-refractivity contribution in [3.8, 4) is 28.2 Å². The van der Waals surface area contributed by atoms with Gasteiger partial charge in [-0.2, -0.15) is 0 Å². The van der Waals surface area contributed by atoms with Gasteiger partial charge in [-0.05, 0) is 97.2 Å². The maximum absolute atomic E-state index is 13.4. The van der Waals surface area contributed by atoms with E-state index in [-0.39, 0.29) is 89.0 Å². The maximum atomic E-state index is 13.4. The second-order valence-electron chi connectivity index (χ2n) is 8.44. The first-order valence-electron chi connectivity index (χ1n) is 11.0. The molecule has 5 nitrogen and oxygen atoms in total. The van der Waals surface area contributed by atoms with E-state index >= 15 is 0 Å². The molecule has 0 spiro atoms. The topological polar surface area (TPSA) is 79.6 Å². The molecule has 5 rings (SSSR count). The Bertz CT molecular complexity index is 1510. The summed E-state index contributed by atoms with van der Waals surface area (Å²) in [6.45, 7) is 0. The molecule has 0 saturated heterocycles. The molecule has 3 aliphatic rings. The summed E-state index contributed by atoms with van der Waals surface area (Å²) in [5.74, 6) is -0.405. The zero-order valence-electron chi connectivity index (χ0n) is 19.1. The number of carbonyl (C=O) groups excluding carboxylic acids is 1. The minimum absolute atomic E-state index is 0. The Labute approximate surface area is 283 Å². The van der Waals surface area contributed by atoms with Gasteiger partial charge in [0.15, 0.2) is 5.76 Å². The van der Waals surface area contributed by atoms with E-state index in [1.54, 1.807) is 24.3 Å². The monoisotopic (exact) mass is 764 g/mol. The quantitative estimate of drug-likeness (QED) is 0.163. The normalized spacial score (nSPS) is 14.1. The van der Waals surface area contributed by atoms with Crippen molar-refractivity contribution in [1.82, 2.24) is 0 Å². The van der Waals surface area contributed by atoms with E-state index in [1.807, 2.05) is 12.1 Å². The van der Waals surface area contributed by atoms with Crippen molar-refractivity contribution < 1.29 is 70.4 Å². The van der Waals surface area contributed by atoms with E-state index in [9.17, 15) is 14.7 Å². The van der Waals surface area contributed by atoms with Gasteiger partial charge < -0.3 is 14.3 Å². The third-order valence-corrected chi connectivity index (χ3v) is 8.87.